The summed E-state index contributed by atoms with van der Waals surface area (Å²) in [5, 5.41) is 59.9. The number of benzene rings is 2. The molecule has 3 atom stereocenters. The highest BCUT2D eigenvalue weighted by Gasteiger charge is 2.25. The molecule has 10 nitrogen and oxygen atoms in total. The molecule has 0 heterocycles. The minimum atomic E-state index is -0.960. The van der Waals surface area contributed by atoms with Crippen LogP contribution in [0.1, 0.15) is 56.1 Å². The first-order valence-electron chi connectivity index (χ1n) is 13.5. The number of hydrogen-bond donors (Lipinski definition) is 6. The van der Waals surface area contributed by atoms with Gasteiger partial charge < -0.3 is 49.6 Å². The first kappa shape index (κ1) is 30.8. The second-order valence-electron chi connectivity index (χ2n) is 10.0. The molecule has 0 unspecified atom stereocenters. The molecular weight excluding hydrogens is 508 g/mol. The summed E-state index contributed by atoms with van der Waals surface area (Å²) in [5.74, 6) is -0.0884. The zero-order valence-electron chi connectivity index (χ0n) is 22.5. The van der Waals surface area contributed by atoms with Gasteiger partial charge in [0.2, 0.25) is 5.75 Å². The Morgan fingerprint density at radius 3 is 2.28 bits per heavy atom. The van der Waals surface area contributed by atoms with E-state index < -0.39 is 31.7 Å². The molecule has 0 saturated heterocycles. The standard InChI is InChI=1S/C29H42O10/c1-36-27-13-20(14-28(29(27)35)38-18-32)11-21(16-30)25(34)15-23(37-17-31)9-7-19-8-10-24(33)26(12-19)39-22-5-3-2-4-6-22/h8,10,12-14,21-23,25,30-35H,2-7,9,11,15-18H2,1H3/t21-,23+,25-/m1/s1. The maximum atomic E-state index is 11.0. The number of aliphatic hydroxyl groups excluding tert-OH is 4. The first-order valence-corrected chi connectivity index (χ1v) is 13.5. The van der Waals surface area contributed by atoms with E-state index in [-0.39, 0.29) is 48.6 Å². The Balaban J connectivity index is 1.62. The van der Waals surface area contributed by atoms with Gasteiger partial charge in [-0.3, -0.25) is 0 Å². The normalized spacial score (nSPS) is 16.4. The van der Waals surface area contributed by atoms with E-state index in [0.717, 1.165) is 31.2 Å². The molecule has 0 amide bonds. The zero-order valence-corrected chi connectivity index (χ0v) is 22.5. The lowest BCUT2D eigenvalue weighted by Crippen LogP contribution is -2.31. The van der Waals surface area contributed by atoms with Crippen molar-refractivity contribution in [2.24, 2.45) is 5.92 Å². The Hall–Kier alpha value is -2.76. The van der Waals surface area contributed by atoms with E-state index in [9.17, 15) is 25.5 Å². The topological polar surface area (TPSA) is 158 Å². The lowest BCUT2D eigenvalue weighted by Gasteiger charge is -2.26. The summed E-state index contributed by atoms with van der Waals surface area (Å²) < 4.78 is 21.8. The monoisotopic (exact) mass is 550 g/mol. The number of aromatic hydroxyl groups is 2. The van der Waals surface area contributed by atoms with Crippen molar-refractivity contribution in [1.29, 1.82) is 0 Å². The molecule has 2 aromatic carbocycles. The third kappa shape index (κ3) is 9.15. The van der Waals surface area contributed by atoms with Crippen molar-refractivity contribution in [1.82, 2.24) is 0 Å². The highest BCUT2D eigenvalue weighted by Crippen LogP contribution is 2.38. The number of hydrogen-bond acceptors (Lipinski definition) is 10. The predicted molar refractivity (Wildman–Crippen MR) is 143 cm³/mol. The molecule has 0 aromatic heterocycles. The molecule has 0 radical (unpaired) electrons. The Kier molecular flexibility index (Phi) is 12.4. The van der Waals surface area contributed by atoms with Gasteiger partial charge in [0.1, 0.15) is 6.79 Å². The SMILES string of the molecule is COc1cc(C[C@H](CO)[C@H](O)C[C@H](CCc2ccc(O)c(OC3CCCCC3)c2)OCO)cc(OCO)c1O. The van der Waals surface area contributed by atoms with E-state index in [1.807, 2.05) is 12.1 Å². The minimum Gasteiger partial charge on any atom is -0.504 e. The third-order valence-corrected chi connectivity index (χ3v) is 7.26. The number of aryl methyl sites for hydroxylation is 1. The van der Waals surface area contributed by atoms with Gasteiger partial charge in [0.05, 0.1) is 25.4 Å². The maximum absolute atomic E-state index is 11.0. The van der Waals surface area contributed by atoms with Gasteiger partial charge >= 0.3 is 0 Å². The van der Waals surface area contributed by atoms with Crippen molar-refractivity contribution in [2.45, 2.75) is 76.1 Å². The van der Waals surface area contributed by atoms with Crippen LogP contribution in [-0.2, 0) is 17.6 Å². The van der Waals surface area contributed by atoms with Gasteiger partial charge in [0.15, 0.2) is 29.8 Å². The molecule has 1 aliphatic carbocycles. The highest BCUT2D eigenvalue weighted by molar-refractivity contribution is 5.52. The molecule has 1 aliphatic rings. The van der Waals surface area contributed by atoms with Crippen molar-refractivity contribution in [3.63, 3.8) is 0 Å². The summed E-state index contributed by atoms with van der Waals surface area (Å²) in [6.45, 7) is -1.46. The minimum absolute atomic E-state index is 0.0280. The Bertz CT molecular complexity index is 1010. The van der Waals surface area contributed by atoms with Crippen LogP contribution < -0.4 is 14.2 Å². The van der Waals surface area contributed by atoms with Crippen LogP contribution in [0.15, 0.2) is 30.3 Å². The number of aliphatic hydroxyl groups is 4. The van der Waals surface area contributed by atoms with E-state index in [2.05, 4.69) is 0 Å². The van der Waals surface area contributed by atoms with E-state index in [1.165, 1.54) is 19.6 Å². The summed E-state index contributed by atoms with van der Waals surface area (Å²) in [5.41, 5.74) is 1.56. The molecule has 218 valence electrons. The van der Waals surface area contributed by atoms with E-state index in [1.54, 1.807) is 12.1 Å². The van der Waals surface area contributed by atoms with Crippen molar-refractivity contribution >= 4 is 0 Å². The summed E-state index contributed by atoms with van der Waals surface area (Å²) in [6, 6.07) is 8.36. The molecule has 39 heavy (non-hydrogen) atoms. The van der Waals surface area contributed by atoms with Crippen LogP contribution in [0.4, 0.5) is 0 Å². The van der Waals surface area contributed by atoms with Crippen LogP contribution >= 0.6 is 0 Å². The highest BCUT2D eigenvalue weighted by atomic mass is 16.6. The van der Waals surface area contributed by atoms with Gasteiger partial charge in [-0.1, -0.05) is 12.5 Å². The fourth-order valence-electron chi connectivity index (χ4n) is 5.05. The largest absolute Gasteiger partial charge is 0.504 e. The van der Waals surface area contributed by atoms with Crippen LogP contribution in [0.25, 0.3) is 0 Å². The fraction of sp³-hybridized carbons (Fsp3) is 0.586. The maximum Gasteiger partial charge on any atom is 0.200 e. The second kappa shape index (κ2) is 15.7. The van der Waals surface area contributed by atoms with E-state index in [0.29, 0.717) is 24.2 Å². The Morgan fingerprint density at radius 1 is 0.897 bits per heavy atom. The summed E-state index contributed by atoms with van der Waals surface area (Å²) in [4.78, 5) is 0. The molecule has 1 saturated carbocycles. The van der Waals surface area contributed by atoms with Gasteiger partial charge in [0, 0.05) is 12.5 Å². The van der Waals surface area contributed by atoms with Crippen LogP contribution in [0.3, 0.4) is 0 Å². The van der Waals surface area contributed by atoms with Crippen molar-refractivity contribution in [3.8, 4) is 28.7 Å². The first-order chi connectivity index (χ1) is 18.9. The molecule has 0 spiro atoms. The number of methoxy groups -OCH3 is 1. The smallest absolute Gasteiger partial charge is 0.200 e. The third-order valence-electron chi connectivity index (χ3n) is 7.26. The van der Waals surface area contributed by atoms with Crippen LogP contribution in [-0.4, -0.2) is 76.3 Å². The lowest BCUT2D eigenvalue weighted by molar-refractivity contribution is -0.0765. The number of rotatable bonds is 16. The van der Waals surface area contributed by atoms with Crippen LogP contribution in [0.5, 0.6) is 28.7 Å². The summed E-state index contributed by atoms with van der Waals surface area (Å²) in [7, 11) is 1.38. The molecule has 6 N–H and O–H groups in total. The van der Waals surface area contributed by atoms with Crippen LogP contribution in [0.2, 0.25) is 0 Å². The van der Waals surface area contributed by atoms with Gasteiger partial charge in [-0.25, -0.2) is 0 Å². The van der Waals surface area contributed by atoms with E-state index >= 15 is 0 Å². The Morgan fingerprint density at radius 2 is 1.62 bits per heavy atom. The van der Waals surface area contributed by atoms with Crippen molar-refractivity contribution in [3.05, 3.63) is 41.5 Å². The van der Waals surface area contributed by atoms with Crippen molar-refractivity contribution < 1.29 is 49.6 Å². The van der Waals surface area contributed by atoms with Crippen molar-refractivity contribution in [2.75, 3.05) is 27.3 Å². The van der Waals surface area contributed by atoms with Gasteiger partial charge in [-0.2, -0.15) is 0 Å². The van der Waals surface area contributed by atoms with E-state index in [4.69, 9.17) is 24.1 Å². The summed E-state index contributed by atoms with van der Waals surface area (Å²) >= 11 is 0. The lowest BCUT2D eigenvalue weighted by atomic mass is 9.90. The van der Waals surface area contributed by atoms with Gasteiger partial charge in [-0.05, 0) is 86.8 Å². The van der Waals surface area contributed by atoms with Crippen LogP contribution in [0, 0.1) is 5.92 Å². The molecule has 0 aliphatic heterocycles. The Labute approximate surface area is 229 Å². The fourth-order valence-corrected chi connectivity index (χ4v) is 5.05. The quantitative estimate of drug-likeness (QED) is 0.172. The van der Waals surface area contributed by atoms with Gasteiger partial charge in [0.25, 0.3) is 0 Å². The predicted octanol–water partition coefficient (Wildman–Crippen LogP) is 3.02. The number of phenolic OH excluding ortho intramolecular Hbond substituents is 2. The summed E-state index contributed by atoms with van der Waals surface area (Å²) in [6.07, 6.45) is 5.55. The average Bonchev–Trinajstić information content (AvgIpc) is 2.94. The second-order valence-corrected chi connectivity index (χ2v) is 10.0. The molecule has 1 fully saturated rings. The number of ether oxygens (including phenoxy) is 4. The zero-order chi connectivity index (χ0) is 28.2. The number of phenols is 2. The molecule has 2 aromatic rings. The van der Waals surface area contributed by atoms with Gasteiger partial charge in [-0.15, -0.1) is 0 Å². The average molecular weight is 551 g/mol. The molecule has 3 rings (SSSR count). The molecular formula is C29H42O10. The molecule has 0 bridgehead atoms. The molecule has 10 heteroatoms.